The highest BCUT2D eigenvalue weighted by Gasteiger charge is 2.33. The highest BCUT2D eigenvalue weighted by molar-refractivity contribution is 7.89. The van der Waals surface area contributed by atoms with E-state index in [4.69, 9.17) is 4.74 Å². The van der Waals surface area contributed by atoms with Crippen molar-refractivity contribution in [2.45, 2.75) is 30.9 Å². The molecular weight excluding hydrogens is 420 g/mol. The summed E-state index contributed by atoms with van der Waals surface area (Å²) in [6.45, 7) is 3.54. The first-order valence-electron chi connectivity index (χ1n) is 9.94. The molecule has 0 radical (unpaired) electrons. The fraction of sp³-hybridized carbons (Fsp3) is 0.476. The Bertz CT molecular complexity index is 927. The summed E-state index contributed by atoms with van der Waals surface area (Å²) < 4.78 is 33.2. The highest BCUT2D eigenvalue weighted by atomic mass is 32.2. The number of methoxy groups -OCH3 is 1. The van der Waals surface area contributed by atoms with Crippen molar-refractivity contribution in [3.63, 3.8) is 0 Å². The summed E-state index contributed by atoms with van der Waals surface area (Å²) in [5.74, 6) is -0.575. The molecule has 2 rings (SSSR count). The molecule has 3 atom stereocenters. The molecule has 0 bridgehead atoms. The number of rotatable bonds is 11. The van der Waals surface area contributed by atoms with Crippen LogP contribution in [0.3, 0.4) is 0 Å². The fourth-order valence-electron chi connectivity index (χ4n) is 3.18. The molecule has 0 aliphatic rings. The van der Waals surface area contributed by atoms with E-state index in [0.717, 1.165) is 0 Å². The average molecular weight is 451 g/mol. The van der Waals surface area contributed by atoms with E-state index in [-0.39, 0.29) is 42.1 Å². The van der Waals surface area contributed by atoms with E-state index >= 15 is 0 Å². The first-order valence-corrected chi connectivity index (χ1v) is 11.4. The number of aromatic nitrogens is 2. The summed E-state index contributed by atoms with van der Waals surface area (Å²) in [5.41, 5.74) is 0.217. The maximum absolute atomic E-state index is 13.2. The number of likely N-dealkylation sites (N-methyl/N-ethyl adjacent to an activating group) is 1. The van der Waals surface area contributed by atoms with Gasteiger partial charge in [0.05, 0.1) is 23.8 Å². The molecule has 0 saturated heterocycles. The van der Waals surface area contributed by atoms with Crippen LogP contribution in [0.2, 0.25) is 0 Å². The number of aliphatic hydroxyl groups excluding tert-OH is 1. The zero-order valence-electron chi connectivity index (χ0n) is 18.2. The van der Waals surface area contributed by atoms with Gasteiger partial charge in [0.1, 0.15) is 5.69 Å². The second-order valence-corrected chi connectivity index (χ2v) is 9.34. The zero-order chi connectivity index (χ0) is 23.0. The van der Waals surface area contributed by atoms with Crippen molar-refractivity contribution in [2.75, 3.05) is 33.9 Å². The van der Waals surface area contributed by atoms with E-state index in [1.165, 1.54) is 47.0 Å². The molecule has 0 unspecified atom stereocenters. The fourth-order valence-corrected chi connectivity index (χ4v) is 4.92. The van der Waals surface area contributed by atoms with Crippen LogP contribution in [-0.2, 0) is 14.8 Å². The molecule has 1 amide bonds. The number of sulfonamides is 1. The molecule has 0 saturated carbocycles. The molecule has 10 heteroatoms. The zero-order valence-corrected chi connectivity index (χ0v) is 19.1. The normalized spacial score (nSPS) is 14.8. The standard InChI is InChI=1S/C21H30N4O5S/c1-16(20(30-4)14-24(3)21(27)19-12-22-10-11-23-19)13-25(17(2)15-26)31(28,29)18-8-6-5-7-9-18/h5-12,16-17,20,26H,13-15H2,1-4H3/t16-,17+,20-/m1/s1. The molecular formula is C21H30N4O5S. The average Bonchev–Trinajstić information content (AvgIpc) is 2.80. The monoisotopic (exact) mass is 450 g/mol. The Hall–Kier alpha value is -2.40. The third-order valence-corrected chi connectivity index (χ3v) is 7.09. The largest absolute Gasteiger partial charge is 0.395 e. The lowest BCUT2D eigenvalue weighted by atomic mass is 10.0. The first kappa shape index (κ1) is 24.9. The Labute approximate surface area is 183 Å². The first-order chi connectivity index (χ1) is 14.7. The molecule has 1 heterocycles. The summed E-state index contributed by atoms with van der Waals surface area (Å²) in [6.07, 6.45) is 3.88. The number of benzene rings is 1. The number of ether oxygens (including phenoxy) is 1. The summed E-state index contributed by atoms with van der Waals surface area (Å²) in [5, 5.41) is 9.67. The molecule has 170 valence electrons. The predicted octanol–water partition coefficient (Wildman–Crippen LogP) is 1.27. The van der Waals surface area contributed by atoms with Crippen LogP contribution in [0.1, 0.15) is 24.3 Å². The Kier molecular flexibility index (Phi) is 9.05. The SMILES string of the molecule is CO[C@H](CN(C)C(=O)c1cnccn1)[C@H](C)CN([C@@H](C)CO)S(=O)(=O)c1ccccc1. The molecule has 1 N–H and O–H groups in total. The lowest BCUT2D eigenvalue weighted by Gasteiger charge is -2.33. The van der Waals surface area contributed by atoms with Crippen LogP contribution in [0.15, 0.2) is 53.8 Å². The van der Waals surface area contributed by atoms with Gasteiger partial charge in [0, 0.05) is 45.7 Å². The van der Waals surface area contributed by atoms with Crippen LogP contribution in [0, 0.1) is 5.92 Å². The van der Waals surface area contributed by atoms with Crippen LogP contribution in [-0.4, -0.2) is 84.6 Å². The molecule has 2 aromatic rings. The maximum Gasteiger partial charge on any atom is 0.273 e. The maximum atomic E-state index is 13.2. The summed E-state index contributed by atoms with van der Waals surface area (Å²) in [4.78, 5) is 22.1. The lowest BCUT2D eigenvalue weighted by molar-refractivity contribution is 0.0219. The van der Waals surface area contributed by atoms with Crippen molar-refractivity contribution in [2.24, 2.45) is 5.92 Å². The second kappa shape index (κ2) is 11.3. The van der Waals surface area contributed by atoms with Crippen molar-refractivity contribution in [3.8, 4) is 0 Å². The second-order valence-electron chi connectivity index (χ2n) is 7.45. The van der Waals surface area contributed by atoms with Crippen LogP contribution < -0.4 is 0 Å². The van der Waals surface area contributed by atoms with Gasteiger partial charge in [-0.25, -0.2) is 13.4 Å². The molecule has 0 fully saturated rings. The van der Waals surface area contributed by atoms with Gasteiger partial charge in [0.25, 0.3) is 5.91 Å². The van der Waals surface area contributed by atoms with Crippen LogP contribution in [0.25, 0.3) is 0 Å². The Morgan fingerprint density at radius 1 is 1.16 bits per heavy atom. The van der Waals surface area contributed by atoms with E-state index in [2.05, 4.69) is 9.97 Å². The summed E-state index contributed by atoms with van der Waals surface area (Å²) in [6, 6.07) is 7.49. The molecule has 1 aromatic carbocycles. The molecule has 0 spiro atoms. The van der Waals surface area contributed by atoms with Crippen LogP contribution in [0.5, 0.6) is 0 Å². The van der Waals surface area contributed by atoms with Gasteiger partial charge in [-0.1, -0.05) is 25.1 Å². The summed E-state index contributed by atoms with van der Waals surface area (Å²) in [7, 11) is -0.667. The van der Waals surface area contributed by atoms with Gasteiger partial charge in [0.2, 0.25) is 10.0 Å². The molecule has 0 aliphatic carbocycles. The minimum Gasteiger partial charge on any atom is -0.395 e. The summed E-state index contributed by atoms with van der Waals surface area (Å²) >= 11 is 0. The van der Waals surface area contributed by atoms with Gasteiger partial charge in [-0.3, -0.25) is 9.78 Å². The third kappa shape index (κ3) is 6.30. The minimum absolute atomic E-state index is 0.116. The van der Waals surface area contributed by atoms with E-state index < -0.39 is 22.2 Å². The number of amides is 1. The highest BCUT2D eigenvalue weighted by Crippen LogP contribution is 2.22. The lowest BCUT2D eigenvalue weighted by Crippen LogP contribution is -2.47. The molecule has 31 heavy (non-hydrogen) atoms. The number of aliphatic hydroxyl groups is 1. The number of carbonyl (C=O) groups is 1. The topological polar surface area (TPSA) is 113 Å². The number of carbonyl (C=O) groups excluding carboxylic acids is 1. The van der Waals surface area contributed by atoms with Gasteiger partial charge in [-0.15, -0.1) is 0 Å². The van der Waals surface area contributed by atoms with E-state index in [9.17, 15) is 18.3 Å². The molecule has 0 aliphatic heterocycles. The van der Waals surface area contributed by atoms with Gasteiger partial charge >= 0.3 is 0 Å². The Morgan fingerprint density at radius 2 is 1.84 bits per heavy atom. The Morgan fingerprint density at radius 3 is 2.39 bits per heavy atom. The van der Waals surface area contributed by atoms with Crippen molar-refractivity contribution >= 4 is 15.9 Å². The third-order valence-electron chi connectivity index (χ3n) is 5.09. The Balaban J connectivity index is 2.17. The van der Waals surface area contributed by atoms with Crippen molar-refractivity contribution in [1.29, 1.82) is 0 Å². The molecule has 1 aromatic heterocycles. The smallest absolute Gasteiger partial charge is 0.273 e. The van der Waals surface area contributed by atoms with Gasteiger partial charge in [-0.2, -0.15) is 4.31 Å². The molecule has 9 nitrogen and oxygen atoms in total. The van der Waals surface area contributed by atoms with Crippen molar-refractivity contribution in [1.82, 2.24) is 19.2 Å². The number of hydrogen-bond acceptors (Lipinski definition) is 7. The number of nitrogens with zero attached hydrogens (tertiary/aromatic N) is 4. The number of hydrogen-bond donors (Lipinski definition) is 1. The predicted molar refractivity (Wildman–Crippen MR) is 116 cm³/mol. The van der Waals surface area contributed by atoms with E-state index in [1.807, 2.05) is 6.92 Å². The van der Waals surface area contributed by atoms with E-state index in [0.29, 0.717) is 0 Å². The van der Waals surface area contributed by atoms with E-state index in [1.54, 1.807) is 32.2 Å². The van der Waals surface area contributed by atoms with Crippen LogP contribution in [0.4, 0.5) is 0 Å². The quantitative estimate of drug-likeness (QED) is 0.548. The van der Waals surface area contributed by atoms with Crippen molar-refractivity contribution < 1.29 is 23.1 Å². The van der Waals surface area contributed by atoms with Gasteiger partial charge in [-0.05, 0) is 25.0 Å². The van der Waals surface area contributed by atoms with Gasteiger partial charge in [0.15, 0.2) is 0 Å². The van der Waals surface area contributed by atoms with Gasteiger partial charge < -0.3 is 14.7 Å². The minimum atomic E-state index is -3.82. The van der Waals surface area contributed by atoms with Crippen LogP contribution >= 0.6 is 0 Å². The van der Waals surface area contributed by atoms with Crippen molar-refractivity contribution in [3.05, 3.63) is 54.6 Å².